The molecule has 0 spiro atoms. The molecule has 0 unspecified atom stereocenters. The lowest BCUT2D eigenvalue weighted by molar-refractivity contribution is -0.118. The summed E-state index contributed by atoms with van der Waals surface area (Å²) < 4.78 is 10.2. The van der Waals surface area contributed by atoms with Crippen molar-refractivity contribution in [2.75, 3.05) is 19.0 Å². The maximum absolute atomic E-state index is 12.3. The molecule has 1 amide bonds. The van der Waals surface area contributed by atoms with Crippen molar-refractivity contribution in [2.24, 2.45) is 0 Å². The minimum Gasteiger partial charge on any atom is -0.484 e. The molecule has 3 aromatic rings. The van der Waals surface area contributed by atoms with Crippen LogP contribution < -0.4 is 10.1 Å². The highest BCUT2D eigenvalue weighted by molar-refractivity contribution is 5.96. The van der Waals surface area contributed by atoms with Gasteiger partial charge in [-0.05, 0) is 29.8 Å². The summed E-state index contributed by atoms with van der Waals surface area (Å²) in [4.78, 5) is 23.9. The Balaban J connectivity index is 1.67. The third-order valence-corrected chi connectivity index (χ3v) is 3.91. The molecule has 0 aliphatic heterocycles. The normalized spacial score (nSPS) is 10.1. The van der Waals surface area contributed by atoms with Crippen molar-refractivity contribution in [2.45, 2.75) is 0 Å². The predicted octanol–water partition coefficient (Wildman–Crippen LogP) is 4.16. The van der Waals surface area contributed by atoms with E-state index in [1.54, 1.807) is 18.2 Å². The van der Waals surface area contributed by atoms with Crippen LogP contribution in [0.3, 0.4) is 0 Å². The molecule has 27 heavy (non-hydrogen) atoms. The maximum Gasteiger partial charge on any atom is 0.337 e. The van der Waals surface area contributed by atoms with Gasteiger partial charge in [0.1, 0.15) is 5.75 Å². The number of carbonyl (C=O) groups excluding carboxylic acids is 2. The molecule has 0 saturated heterocycles. The highest BCUT2D eigenvalue weighted by Crippen LogP contribution is 2.27. The van der Waals surface area contributed by atoms with E-state index in [1.165, 1.54) is 13.2 Å². The number of ether oxygens (including phenoxy) is 2. The topological polar surface area (TPSA) is 64.6 Å². The predicted molar refractivity (Wildman–Crippen MR) is 104 cm³/mol. The van der Waals surface area contributed by atoms with Gasteiger partial charge in [-0.15, -0.1) is 0 Å². The van der Waals surface area contributed by atoms with Gasteiger partial charge < -0.3 is 14.8 Å². The number of esters is 1. The summed E-state index contributed by atoms with van der Waals surface area (Å²) in [5.74, 6) is -0.326. The molecule has 0 atom stereocenters. The van der Waals surface area contributed by atoms with E-state index < -0.39 is 5.97 Å². The third-order valence-electron chi connectivity index (χ3n) is 3.91. The number of para-hydroxylation sites is 1. The second kappa shape index (κ2) is 8.67. The Kier molecular flexibility index (Phi) is 5.84. The maximum atomic E-state index is 12.3. The van der Waals surface area contributed by atoms with Crippen LogP contribution in [0.4, 0.5) is 5.69 Å². The molecule has 0 saturated carbocycles. The molecular formula is C22H19NO4. The largest absolute Gasteiger partial charge is 0.484 e. The molecule has 5 nitrogen and oxygen atoms in total. The van der Waals surface area contributed by atoms with Crippen molar-refractivity contribution >= 4 is 17.6 Å². The Bertz CT molecular complexity index is 938. The van der Waals surface area contributed by atoms with Crippen LogP contribution in [0, 0.1) is 0 Å². The van der Waals surface area contributed by atoms with E-state index in [4.69, 9.17) is 4.74 Å². The van der Waals surface area contributed by atoms with Crippen molar-refractivity contribution in [1.29, 1.82) is 0 Å². The molecule has 0 aliphatic rings. The zero-order chi connectivity index (χ0) is 19.1. The SMILES string of the molecule is COC(=O)c1cccc(OCC(=O)Nc2ccccc2-c2ccccc2)c1. The van der Waals surface area contributed by atoms with E-state index in [-0.39, 0.29) is 12.5 Å². The fraction of sp³-hybridized carbons (Fsp3) is 0.0909. The number of anilines is 1. The quantitative estimate of drug-likeness (QED) is 0.670. The molecule has 0 aromatic heterocycles. The van der Waals surface area contributed by atoms with Crippen molar-refractivity contribution < 1.29 is 19.1 Å². The average molecular weight is 361 g/mol. The van der Waals surface area contributed by atoms with Crippen LogP contribution in [0.2, 0.25) is 0 Å². The molecule has 0 fully saturated rings. The van der Waals surface area contributed by atoms with E-state index in [9.17, 15) is 9.59 Å². The number of carbonyl (C=O) groups is 2. The summed E-state index contributed by atoms with van der Waals surface area (Å²) in [6.07, 6.45) is 0. The molecule has 0 aliphatic carbocycles. The Labute approximate surface area is 157 Å². The van der Waals surface area contributed by atoms with E-state index in [2.05, 4.69) is 10.1 Å². The number of rotatable bonds is 6. The summed E-state index contributed by atoms with van der Waals surface area (Å²) >= 11 is 0. The second-order valence-electron chi connectivity index (χ2n) is 5.77. The van der Waals surface area contributed by atoms with Gasteiger partial charge in [-0.3, -0.25) is 4.79 Å². The molecule has 0 radical (unpaired) electrons. The van der Waals surface area contributed by atoms with Crippen LogP contribution in [-0.2, 0) is 9.53 Å². The average Bonchev–Trinajstić information content (AvgIpc) is 2.73. The Morgan fingerprint density at radius 2 is 1.63 bits per heavy atom. The zero-order valence-electron chi connectivity index (χ0n) is 14.8. The highest BCUT2D eigenvalue weighted by atomic mass is 16.5. The van der Waals surface area contributed by atoms with Crippen molar-refractivity contribution in [1.82, 2.24) is 0 Å². The first-order chi connectivity index (χ1) is 13.2. The number of methoxy groups -OCH3 is 1. The first-order valence-electron chi connectivity index (χ1n) is 8.43. The van der Waals surface area contributed by atoms with E-state index in [1.807, 2.05) is 54.6 Å². The van der Waals surface area contributed by atoms with Gasteiger partial charge >= 0.3 is 5.97 Å². The number of benzene rings is 3. The van der Waals surface area contributed by atoms with Crippen LogP contribution in [0.25, 0.3) is 11.1 Å². The van der Waals surface area contributed by atoms with Gasteiger partial charge in [-0.25, -0.2) is 4.79 Å². The summed E-state index contributed by atoms with van der Waals surface area (Å²) in [6.45, 7) is -0.173. The lowest BCUT2D eigenvalue weighted by atomic mass is 10.0. The molecular weight excluding hydrogens is 342 g/mol. The zero-order valence-corrected chi connectivity index (χ0v) is 14.8. The molecule has 136 valence electrons. The van der Waals surface area contributed by atoms with Crippen LogP contribution in [-0.4, -0.2) is 25.6 Å². The molecule has 0 bridgehead atoms. The van der Waals surface area contributed by atoms with Crippen molar-refractivity contribution in [3.05, 3.63) is 84.4 Å². The highest BCUT2D eigenvalue weighted by Gasteiger charge is 2.10. The monoisotopic (exact) mass is 361 g/mol. The number of nitrogens with one attached hydrogen (secondary N) is 1. The third kappa shape index (κ3) is 4.73. The molecule has 3 rings (SSSR count). The Hall–Kier alpha value is -3.60. The van der Waals surface area contributed by atoms with Crippen molar-refractivity contribution in [3.8, 4) is 16.9 Å². The number of hydrogen-bond donors (Lipinski definition) is 1. The Morgan fingerprint density at radius 1 is 0.889 bits per heavy atom. The van der Waals surface area contributed by atoms with Crippen LogP contribution in [0.5, 0.6) is 5.75 Å². The smallest absolute Gasteiger partial charge is 0.337 e. The lowest BCUT2D eigenvalue weighted by Crippen LogP contribution is -2.20. The second-order valence-corrected chi connectivity index (χ2v) is 5.77. The first kappa shape index (κ1) is 18.2. The van der Waals surface area contributed by atoms with Gasteiger partial charge in [0.05, 0.1) is 12.7 Å². The molecule has 5 heteroatoms. The minimum absolute atomic E-state index is 0.173. The first-order valence-corrected chi connectivity index (χ1v) is 8.43. The number of amides is 1. The van der Waals surface area contributed by atoms with Crippen molar-refractivity contribution in [3.63, 3.8) is 0 Å². The fourth-order valence-electron chi connectivity index (χ4n) is 2.63. The van der Waals surface area contributed by atoms with E-state index in [0.29, 0.717) is 17.0 Å². The minimum atomic E-state index is -0.457. The van der Waals surface area contributed by atoms with Gasteiger partial charge in [0.15, 0.2) is 6.61 Å². The van der Waals surface area contributed by atoms with Crippen LogP contribution in [0.1, 0.15) is 10.4 Å². The van der Waals surface area contributed by atoms with Gasteiger partial charge in [0, 0.05) is 11.3 Å². The van der Waals surface area contributed by atoms with E-state index in [0.717, 1.165) is 11.1 Å². The summed E-state index contributed by atoms with van der Waals surface area (Å²) in [7, 11) is 1.31. The summed E-state index contributed by atoms with van der Waals surface area (Å²) in [5, 5.41) is 2.87. The molecule has 3 aromatic carbocycles. The molecule has 0 heterocycles. The van der Waals surface area contributed by atoms with Gasteiger partial charge in [-0.1, -0.05) is 54.6 Å². The number of hydrogen-bond acceptors (Lipinski definition) is 4. The van der Waals surface area contributed by atoms with Crippen LogP contribution in [0.15, 0.2) is 78.9 Å². The fourth-order valence-corrected chi connectivity index (χ4v) is 2.63. The van der Waals surface area contributed by atoms with Crippen LogP contribution >= 0.6 is 0 Å². The summed E-state index contributed by atoms with van der Waals surface area (Å²) in [6, 6.07) is 23.9. The Morgan fingerprint density at radius 3 is 2.41 bits per heavy atom. The van der Waals surface area contributed by atoms with Gasteiger partial charge in [-0.2, -0.15) is 0 Å². The van der Waals surface area contributed by atoms with Gasteiger partial charge in [0.25, 0.3) is 5.91 Å². The van der Waals surface area contributed by atoms with E-state index >= 15 is 0 Å². The van der Waals surface area contributed by atoms with Gasteiger partial charge in [0.2, 0.25) is 0 Å². The molecule has 1 N–H and O–H groups in total. The standard InChI is InChI=1S/C22H19NO4/c1-26-22(25)17-10-7-11-18(14-17)27-15-21(24)23-20-13-6-5-12-19(20)16-8-3-2-4-9-16/h2-14H,15H2,1H3,(H,23,24). The summed E-state index contributed by atoms with van der Waals surface area (Å²) in [5.41, 5.74) is 3.02. The lowest BCUT2D eigenvalue weighted by Gasteiger charge is -2.12.